The number of nitrogens with zero attached hydrogens (tertiary/aromatic N) is 5. The first kappa shape index (κ1) is 15.1. The van der Waals surface area contributed by atoms with Crippen molar-refractivity contribution >= 4 is 17.6 Å². The highest BCUT2D eigenvalue weighted by atomic mass is 16.6. The molecule has 1 aromatic carbocycles. The molecule has 3 N–H and O–H groups in total. The molecule has 0 saturated carbocycles. The molecule has 0 bridgehead atoms. The van der Waals surface area contributed by atoms with Crippen molar-refractivity contribution in [2.75, 3.05) is 0 Å². The van der Waals surface area contributed by atoms with E-state index < -0.39 is 16.8 Å². The van der Waals surface area contributed by atoms with Crippen molar-refractivity contribution in [1.29, 1.82) is 0 Å². The molecular weight excluding hydrogens is 292 g/mol. The first-order chi connectivity index (χ1) is 10.5. The Morgan fingerprint density at radius 3 is 2.82 bits per heavy atom. The standard InChI is InChI=1S/C12H12N6O4/c1-8(6-17-7-13-12(16-17)18(21)22)14-15-11(20)9-4-2-3-5-10(9)19/h2-5,7H,6H2,1H3,(H2-,15,19,20,21,22)/p+1/b14-8+. The Balaban J connectivity index is 1.99. The van der Waals surface area contributed by atoms with Gasteiger partial charge in [-0.1, -0.05) is 17.0 Å². The number of para-hydroxylation sites is 1. The maximum Gasteiger partial charge on any atom is 0.531 e. The number of phenols is 1. The Labute approximate surface area is 124 Å². The minimum absolute atomic E-state index is 0.101. The summed E-state index contributed by atoms with van der Waals surface area (Å²) in [5.74, 6) is -1.10. The molecule has 0 saturated heterocycles. The number of benzene rings is 1. The van der Waals surface area contributed by atoms with E-state index in [1.807, 2.05) is 0 Å². The fourth-order valence-electron chi connectivity index (χ4n) is 1.59. The number of rotatable bonds is 5. The lowest BCUT2D eigenvalue weighted by Crippen LogP contribution is -2.20. The van der Waals surface area contributed by atoms with Crippen LogP contribution in [0.5, 0.6) is 5.75 Å². The van der Waals surface area contributed by atoms with E-state index in [0.717, 1.165) is 0 Å². The Hall–Kier alpha value is -3.30. The molecule has 0 aliphatic rings. The van der Waals surface area contributed by atoms with E-state index in [4.69, 9.17) is 5.21 Å². The minimum Gasteiger partial charge on any atom is -0.507 e. The summed E-state index contributed by atoms with van der Waals surface area (Å²) < 4.78 is 1.27. The van der Waals surface area contributed by atoms with Crippen molar-refractivity contribution in [3.05, 3.63) is 41.1 Å². The third kappa shape index (κ3) is 3.62. The minimum atomic E-state index is -0.558. The number of hydrazone groups is 1. The van der Waals surface area contributed by atoms with Gasteiger partial charge in [-0.05, 0) is 24.0 Å². The van der Waals surface area contributed by atoms with Crippen LogP contribution in [-0.2, 0) is 6.54 Å². The fraction of sp³-hybridized carbons (Fsp3) is 0.167. The van der Waals surface area contributed by atoms with Crippen molar-refractivity contribution < 1.29 is 20.0 Å². The molecule has 1 heterocycles. The predicted octanol–water partition coefficient (Wildman–Crippen LogP) is 0.589. The molecule has 2 rings (SSSR count). The lowest BCUT2D eigenvalue weighted by Gasteiger charge is -2.03. The number of hydrogen-bond acceptors (Lipinski definition) is 6. The van der Waals surface area contributed by atoms with Crippen molar-refractivity contribution in [3.63, 3.8) is 0 Å². The van der Waals surface area contributed by atoms with Crippen molar-refractivity contribution in [2.45, 2.75) is 13.5 Å². The molecule has 0 unspecified atom stereocenters. The molecule has 0 aliphatic heterocycles. The fourth-order valence-corrected chi connectivity index (χ4v) is 1.59. The highest BCUT2D eigenvalue weighted by Gasteiger charge is 2.18. The van der Waals surface area contributed by atoms with Crippen LogP contribution in [0.25, 0.3) is 0 Å². The summed E-state index contributed by atoms with van der Waals surface area (Å²) in [7, 11) is 0. The highest BCUT2D eigenvalue weighted by Crippen LogP contribution is 2.14. The molecule has 0 atom stereocenters. The van der Waals surface area contributed by atoms with Crippen molar-refractivity contribution in [3.8, 4) is 5.75 Å². The third-order valence-corrected chi connectivity index (χ3v) is 2.58. The molecule has 1 aromatic heterocycles. The van der Waals surface area contributed by atoms with Gasteiger partial charge in [-0.2, -0.15) is 9.78 Å². The number of carbonyl (C=O) groups excluding carboxylic acids is 1. The molecule has 10 heteroatoms. The Bertz CT molecular complexity index is 739. The van der Waals surface area contributed by atoms with E-state index >= 15 is 0 Å². The first-order valence-corrected chi connectivity index (χ1v) is 6.14. The second-order valence-corrected chi connectivity index (χ2v) is 4.32. The number of aromatic nitrogens is 3. The third-order valence-electron chi connectivity index (χ3n) is 2.58. The first-order valence-electron chi connectivity index (χ1n) is 6.14. The number of aromatic hydroxyl groups is 1. The molecule has 2 aromatic rings. The van der Waals surface area contributed by atoms with Crippen LogP contribution in [-0.4, -0.2) is 41.6 Å². The highest BCUT2D eigenvalue weighted by molar-refractivity contribution is 5.97. The quantitative estimate of drug-likeness (QED) is 0.547. The zero-order valence-electron chi connectivity index (χ0n) is 11.5. The summed E-state index contributed by atoms with van der Waals surface area (Å²) in [6, 6.07) is 6.07. The Morgan fingerprint density at radius 2 is 2.18 bits per heavy atom. The monoisotopic (exact) mass is 305 g/mol. The molecule has 10 nitrogen and oxygen atoms in total. The maximum atomic E-state index is 11.8. The molecule has 0 fully saturated rings. The Kier molecular flexibility index (Phi) is 4.41. The van der Waals surface area contributed by atoms with Gasteiger partial charge in [0.15, 0.2) is 4.92 Å². The lowest BCUT2D eigenvalue weighted by molar-refractivity contribution is -0.734. The van der Waals surface area contributed by atoms with Gasteiger partial charge in [-0.15, -0.1) is 0 Å². The summed E-state index contributed by atoms with van der Waals surface area (Å²) in [5.41, 5.74) is 2.86. The molecule has 114 valence electrons. The van der Waals surface area contributed by atoms with Gasteiger partial charge in [0.2, 0.25) is 6.33 Å². The molecular formula is C12H13N6O4+. The van der Waals surface area contributed by atoms with Crippen molar-refractivity contribution in [2.24, 2.45) is 5.10 Å². The van der Waals surface area contributed by atoms with Crippen LogP contribution in [0.3, 0.4) is 0 Å². The summed E-state index contributed by atoms with van der Waals surface area (Å²) in [5, 5.41) is 25.7. The van der Waals surface area contributed by atoms with E-state index in [2.05, 4.69) is 20.6 Å². The maximum absolute atomic E-state index is 11.8. The van der Waals surface area contributed by atoms with Crippen LogP contribution in [0.4, 0.5) is 5.95 Å². The summed E-state index contributed by atoms with van der Waals surface area (Å²) in [6.07, 6.45) is 1.24. The lowest BCUT2D eigenvalue weighted by atomic mass is 10.2. The number of nitrogens with one attached hydrogen (secondary N) is 1. The van der Waals surface area contributed by atoms with Crippen LogP contribution < -0.4 is 5.43 Å². The second-order valence-electron chi connectivity index (χ2n) is 4.32. The van der Waals surface area contributed by atoms with Crippen LogP contribution in [0.15, 0.2) is 35.7 Å². The normalized spacial score (nSPS) is 11.2. The Morgan fingerprint density at radius 1 is 1.45 bits per heavy atom. The van der Waals surface area contributed by atoms with Crippen LogP contribution in [0.1, 0.15) is 17.3 Å². The average Bonchev–Trinajstić information content (AvgIpc) is 2.94. The molecule has 1 amide bonds. The SMILES string of the molecule is C/C(Cn1cnc([N+](=O)O)n1)=N\NC(=O)c1ccccc1O. The molecule has 0 aliphatic carbocycles. The molecule has 0 spiro atoms. The van der Waals surface area contributed by atoms with Crippen LogP contribution >= 0.6 is 0 Å². The van der Waals surface area contributed by atoms with Gasteiger partial charge in [-0.3, -0.25) is 4.79 Å². The zero-order valence-corrected chi connectivity index (χ0v) is 11.5. The smallest absolute Gasteiger partial charge is 0.507 e. The summed E-state index contributed by atoms with van der Waals surface area (Å²) >= 11 is 0. The number of carbonyl (C=O) groups is 1. The van der Waals surface area contributed by atoms with E-state index in [1.165, 1.54) is 23.1 Å². The molecule has 22 heavy (non-hydrogen) atoms. The van der Waals surface area contributed by atoms with Gasteiger partial charge < -0.3 is 10.3 Å². The number of phenolic OH excluding ortho intramolecular Hbond substituents is 1. The number of hydrogen-bond donors (Lipinski definition) is 3. The molecule has 0 radical (unpaired) electrons. The predicted molar refractivity (Wildman–Crippen MR) is 73.8 cm³/mol. The van der Waals surface area contributed by atoms with E-state index in [9.17, 15) is 14.8 Å². The summed E-state index contributed by atoms with van der Waals surface area (Å²) in [6.45, 7) is 1.78. The topological polar surface area (TPSA) is 133 Å². The van der Waals surface area contributed by atoms with E-state index in [0.29, 0.717) is 5.71 Å². The number of amides is 1. The zero-order chi connectivity index (χ0) is 16.1. The van der Waals surface area contributed by atoms with Gasteiger partial charge in [0.25, 0.3) is 5.91 Å². The largest absolute Gasteiger partial charge is 0.531 e. The van der Waals surface area contributed by atoms with Gasteiger partial charge in [0.1, 0.15) is 5.75 Å². The summed E-state index contributed by atoms with van der Waals surface area (Å²) in [4.78, 5) is 25.5. The van der Waals surface area contributed by atoms with Gasteiger partial charge in [-0.25, -0.2) is 5.43 Å². The average molecular weight is 305 g/mol. The van der Waals surface area contributed by atoms with Crippen LogP contribution in [0, 0.1) is 4.91 Å². The van der Waals surface area contributed by atoms with Gasteiger partial charge in [0, 0.05) is 5.10 Å². The van der Waals surface area contributed by atoms with Crippen molar-refractivity contribution in [1.82, 2.24) is 20.2 Å². The second kappa shape index (κ2) is 6.43. The van der Waals surface area contributed by atoms with Gasteiger partial charge in [0.05, 0.1) is 17.8 Å². The van der Waals surface area contributed by atoms with Gasteiger partial charge >= 0.3 is 5.95 Å². The van der Waals surface area contributed by atoms with E-state index in [1.54, 1.807) is 19.1 Å². The van der Waals surface area contributed by atoms with E-state index in [-0.39, 0.29) is 17.9 Å². The van der Waals surface area contributed by atoms with Crippen LogP contribution in [0.2, 0.25) is 0 Å².